The first-order valence-electron chi connectivity index (χ1n) is 10.5. The number of benzene rings is 2. The lowest BCUT2D eigenvalue weighted by atomic mass is 10.2. The van der Waals surface area contributed by atoms with Gasteiger partial charge in [0.1, 0.15) is 12.4 Å². The van der Waals surface area contributed by atoms with Crippen LogP contribution in [-0.4, -0.2) is 58.6 Å². The molecular formula is C22H24N6O4. The Bertz CT molecular complexity index is 1110. The molecule has 0 atom stereocenters. The van der Waals surface area contributed by atoms with Crippen LogP contribution in [0.3, 0.4) is 0 Å². The van der Waals surface area contributed by atoms with E-state index in [4.69, 9.17) is 19.9 Å². The number of nitrogens with one attached hydrogen (secondary N) is 1. The number of carbonyl (C=O) groups is 1. The lowest BCUT2D eigenvalue weighted by molar-refractivity contribution is 0.0947. The first-order valence-corrected chi connectivity index (χ1v) is 10.5. The molecule has 2 aromatic carbocycles. The number of nitrogen functional groups attached to an aromatic ring is 1. The van der Waals surface area contributed by atoms with Crippen LogP contribution in [0.1, 0.15) is 23.2 Å². The predicted molar refractivity (Wildman–Crippen MR) is 118 cm³/mol. The minimum atomic E-state index is -0.414. The predicted octanol–water partition coefficient (Wildman–Crippen LogP) is 2.50. The van der Waals surface area contributed by atoms with Gasteiger partial charge >= 0.3 is 0 Å². The Morgan fingerprint density at radius 2 is 1.88 bits per heavy atom. The summed E-state index contributed by atoms with van der Waals surface area (Å²) in [7, 11) is 0. The van der Waals surface area contributed by atoms with Crippen molar-refractivity contribution in [2.24, 2.45) is 0 Å². The maximum Gasteiger partial charge on any atom is 0.281 e. The number of aromatic nitrogens is 3. The van der Waals surface area contributed by atoms with Gasteiger partial charge in [0, 0.05) is 17.8 Å². The third-order valence-corrected chi connectivity index (χ3v) is 5.43. The van der Waals surface area contributed by atoms with Gasteiger partial charge in [0.05, 0.1) is 0 Å². The molecule has 166 valence electrons. The van der Waals surface area contributed by atoms with Gasteiger partial charge in [-0.1, -0.05) is 0 Å². The van der Waals surface area contributed by atoms with E-state index in [1.165, 1.54) is 12.8 Å². The zero-order chi connectivity index (χ0) is 21.9. The van der Waals surface area contributed by atoms with E-state index in [1.807, 2.05) is 24.3 Å². The van der Waals surface area contributed by atoms with Crippen LogP contribution in [-0.2, 0) is 0 Å². The zero-order valence-electron chi connectivity index (χ0n) is 17.5. The lowest BCUT2D eigenvalue weighted by Gasteiger charge is -2.15. The Kier molecular flexibility index (Phi) is 5.51. The Hall–Kier alpha value is -3.79. The van der Waals surface area contributed by atoms with Crippen molar-refractivity contribution in [1.29, 1.82) is 0 Å². The molecule has 0 spiro atoms. The SMILES string of the molecule is Nc1nc(Nc2ccc(OCCN3CCCC3)cc2)nn1C(=O)c1ccc2c(c1)OCO2. The molecule has 3 heterocycles. The van der Waals surface area contributed by atoms with Gasteiger partial charge in [0.15, 0.2) is 11.5 Å². The van der Waals surface area contributed by atoms with E-state index in [0.29, 0.717) is 23.7 Å². The highest BCUT2D eigenvalue weighted by Gasteiger charge is 2.20. The summed E-state index contributed by atoms with van der Waals surface area (Å²) in [4.78, 5) is 19.4. The van der Waals surface area contributed by atoms with Crippen molar-refractivity contribution in [2.45, 2.75) is 12.8 Å². The largest absolute Gasteiger partial charge is 0.492 e. The number of nitrogens with zero attached hydrogens (tertiary/aromatic N) is 4. The van der Waals surface area contributed by atoms with Crippen LogP contribution in [0.15, 0.2) is 42.5 Å². The molecule has 32 heavy (non-hydrogen) atoms. The van der Waals surface area contributed by atoms with Gasteiger partial charge in [-0.2, -0.15) is 9.67 Å². The van der Waals surface area contributed by atoms with Gasteiger partial charge in [0.2, 0.25) is 18.7 Å². The zero-order valence-corrected chi connectivity index (χ0v) is 17.5. The molecule has 3 aromatic rings. The average Bonchev–Trinajstić information content (AvgIpc) is 3.55. The van der Waals surface area contributed by atoms with Crippen molar-refractivity contribution in [3.8, 4) is 17.2 Å². The van der Waals surface area contributed by atoms with E-state index in [0.717, 1.165) is 35.8 Å². The van der Waals surface area contributed by atoms with Crippen LogP contribution in [0.5, 0.6) is 17.2 Å². The molecule has 0 aliphatic carbocycles. The molecule has 5 rings (SSSR count). The van der Waals surface area contributed by atoms with Gasteiger partial charge in [-0.05, 0) is 68.4 Å². The Morgan fingerprint density at radius 3 is 2.69 bits per heavy atom. The quantitative estimate of drug-likeness (QED) is 0.576. The summed E-state index contributed by atoms with van der Waals surface area (Å²) in [6, 6.07) is 12.4. The highest BCUT2D eigenvalue weighted by Crippen LogP contribution is 2.32. The van der Waals surface area contributed by atoms with Gasteiger partial charge < -0.3 is 25.3 Å². The average molecular weight is 436 g/mol. The number of fused-ring (bicyclic) bond motifs is 1. The van der Waals surface area contributed by atoms with Gasteiger partial charge in [0.25, 0.3) is 5.91 Å². The molecule has 1 saturated heterocycles. The van der Waals surface area contributed by atoms with Crippen molar-refractivity contribution in [1.82, 2.24) is 19.7 Å². The van der Waals surface area contributed by atoms with Crippen LogP contribution in [0, 0.1) is 0 Å². The fraction of sp³-hybridized carbons (Fsp3) is 0.318. The third-order valence-electron chi connectivity index (χ3n) is 5.43. The minimum absolute atomic E-state index is 0.0166. The van der Waals surface area contributed by atoms with Gasteiger partial charge in [-0.3, -0.25) is 9.69 Å². The van der Waals surface area contributed by atoms with Crippen LogP contribution in [0.4, 0.5) is 17.6 Å². The van der Waals surface area contributed by atoms with Crippen molar-refractivity contribution >= 4 is 23.5 Å². The van der Waals surface area contributed by atoms with Gasteiger partial charge in [-0.15, -0.1) is 5.10 Å². The number of hydrogen-bond acceptors (Lipinski definition) is 9. The fourth-order valence-electron chi connectivity index (χ4n) is 3.74. The Labute approximate surface area is 184 Å². The Balaban J connectivity index is 1.20. The second-order valence-corrected chi connectivity index (χ2v) is 7.63. The molecule has 0 radical (unpaired) electrons. The number of likely N-dealkylation sites (tertiary alicyclic amines) is 1. The fourth-order valence-corrected chi connectivity index (χ4v) is 3.74. The maximum absolute atomic E-state index is 12.8. The number of hydrogen-bond donors (Lipinski definition) is 2. The Morgan fingerprint density at radius 1 is 1.09 bits per heavy atom. The van der Waals surface area contributed by atoms with E-state index in [9.17, 15) is 4.79 Å². The number of anilines is 3. The van der Waals surface area contributed by atoms with E-state index in [1.54, 1.807) is 18.2 Å². The van der Waals surface area contributed by atoms with Crippen LogP contribution in [0.2, 0.25) is 0 Å². The molecular weight excluding hydrogens is 412 g/mol. The first-order chi connectivity index (χ1) is 15.7. The number of carbonyl (C=O) groups excluding carboxylic acids is 1. The summed E-state index contributed by atoms with van der Waals surface area (Å²) in [6.45, 7) is 4.06. The molecule has 2 aliphatic heterocycles. The summed E-state index contributed by atoms with van der Waals surface area (Å²) in [5.41, 5.74) is 7.05. The molecule has 0 amide bonds. The molecule has 10 heteroatoms. The smallest absolute Gasteiger partial charge is 0.281 e. The minimum Gasteiger partial charge on any atom is -0.492 e. The summed E-state index contributed by atoms with van der Waals surface area (Å²) in [6.07, 6.45) is 2.55. The van der Waals surface area contributed by atoms with Crippen molar-refractivity contribution in [3.63, 3.8) is 0 Å². The van der Waals surface area contributed by atoms with E-state index >= 15 is 0 Å². The van der Waals surface area contributed by atoms with E-state index in [-0.39, 0.29) is 18.7 Å². The second-order valence-electron chi connectivity index (χ2n) is 7.63. The molecule has 2 aliphatic rings. The number of rotatable bonds is 7. The summed E-state index contributed by atoms with van der Waals surface area (Å²) in [5, 5.41) is 7.26. The maximum atomic E-state index is 12.8. The molecule has 3 N–H and O–H groups in total. The van der Waals surface area contributed by atoms with Crippen molar-refractivity contribution < 1.29 is 19.0 Å². The summed E-state index contributed by atoms with van der Waals surface area (Å²) < 4.78 is 17.5. The van der Waals surface area contributed by atoms with Crippen LogP contribution >= 0.6 is 0 Å². The molecule has 1 fully saturated rings. The molecule has 0 unspecified atom stereocenters. The monoisotopic (exact) mass is 436 g/mol. The first kappa shape index (κ1) is 20.1. The van der Waals surface area contributed by atoms with Gasteiger partial charge in [-0.25, -0.2) is 0 Å². The standard InChI is InChI=1S/C22H24N6O4/c23-21-25-22(26-28(21)20(29)15-3-8-18-19(13-15)32-14-31-18)24-16-4-6-17(7-5-16)30-12-11-27-9-1-2-10-27/h3-8,13H,1-2,9-12,14H2,(H3,23,24,25,26). The highest BCUT2D eigenvalue weighted by atomic mass is 16.7. The number of ether oxygens (including phenoxy) is 3. The number of nitrogens with two attached hydrogens (primary N) is 1. The van der Waals surface area contributed by atoms with Crippen LogP contribution < -0.4 is 25.3 Å². The molecule has 0 saturated carbocycles. The summed E-state index contributed by atoms with van der Waals surface area (Å²) >= 11 is 0. The van der Waals surface area contributed by atoms with Crippen molar-refractivity contribution in [2.75, 3.05) is 44.1 Å². The van der Waals surface area contributed by atoms with Crippen molar-refractivity contribution in [3.05, 3.63) is 48.0 Å². The second kappa shape index (κ2) is 8.75. The highest BCUT2D eigenvalue weighted by molar-refractivity contribution is 5.97. The topological polar surface area (TPSA) is 117 Å². The van der Waals surface area contributed by atoms with E-state index in [2.05, 4.69) is 20.3 Å². The van der Waals surface area contributed by atoms with Crippen LogP contribution in [0.25, 0.3) is 0 Å². The van der Waals surface area contributed by atoms with E-state index < -0.39 is 5.91 Å². The summed E-state index contributed by atoms with van der Waals surface area (Å²) in [5.74, 6) is 1.69. The lowest BCUT2D eigenvalue weighted by Crippen LogP contribution is -2.25. The molecule has 10 nitrogen and oxygen atoms in total. The third kappa shape index (κ3) is 4.30. The molecule has 1 aromatic heterocycles. The normalized spacial score (nSPS) is 15.1. The molecule has 0 bridgehead atoms.